The number of hydrogen-bond acceptors (Lipinski definition) is 2. The largest absolute Gasteiger partial charge is 0.352 e. The zero-order valence-corrected chi connectivity index (χ0v) is 12.6. The average Bonchev–Trinajstić information content (AvgIpc) is 2.58. The summed E-state index contributed by atoms with van der Waals surface area (Å²) in [6.07, 6.45) is 6.00. The van der Waals surface area contributed by atoms with E-state index in [1.807, 2.05) is 13.8 Å². The Balaban J connectivity index is 1.92. The molecule has 1 aliphatic rings. The van der Waals surface area contributed by atoms with Gasteiger partial charge in [0.25, 0.3) is 0 Å². The third kappa shape index (κ3) is 3.13. The van der Waals surface area contributed by atoms with Gasteiger partial charge in [-0.05, 0) is 42.6 Å². The van der Waals surface area contributed by atoms with Crippen molar-refractivity contribution < 1.29 is 4.79 Å². The number of hydrogen-bond donors (Lipinski definition) is 1. The van der Waals surface area contributed by atoms with Crippen LogP contribution in [0.25, 0.3) is 0 Å². The number of amides is 1. The molecule has 1 aliphatic carbocycles. The van der Waals surface area contributed by atoms with Gasteiger partial charge in [-0.2, -0.15) is 5.10 Å². The van der Waals surface area contributed by atoms with Crippen LogP contribution in [-0.2, 0) is 11.3 Å². The van der Waals surface area contributed by atoms with E-state index in [-0.39, 0.29) is 5.91 Å². The summed E-state index contributed by atoms with van der Waals surface area (Å²) in [6, 6.07) is 0.367. The van der Waals surface area contributed by atoms with Gasteiger partial charge in [-0.15, -0.1) is 0 Å². The molecular formula is C13H20BrN3O. The van der Waals surface area contributed by atoms with Crippen molar-refractivity contribution in [3.05, 3.63) is 15.9 Å². The van der Waals surface area contributed by atoms with Crippen LogP contribution < -0.4 is 5.32 Å². The molecule has 1 aromatic heterocycles. The van der Waals surface area contributed by atoms with Crippen molar-refractivity contribution in [2.24, 2.45) is 0 Å². The van der Waals surface area contributed by atoms with E-state index in [2.05, 4.69) is 26.3 Å². The second-order valence-electron chi connectivity index (χ2n) is 5.04. The SMILES string of the molecule is Cc1nn(CC(=O)NC2CCCCC2)c(C)c1Br. The summed E-state index contributed by atoms with van der Waals surface area (Å²) in [5.74, 6) is 0.0694. The smallest absolute Gasteiger partial charge is 0.241 e. The minimum absolute atomic E-state index is 0.0694. The fourth-order valence-corrected chi connectivity index (χ4v) is 2.77. The summed E-state index contributed by atoms with van der Waals surface area (Å²) in [6.45, 7) is 4.22. The Morgan fingerprint density at radius 3 is 2.61 bits per heavy atom. The maximum atomic E-state index is 12.0. The van der Waals surface area contributed by atoms with E-state index in [4.69, 9.17) is 0 Å². The number of aromatic nitrogens is 2. The van der Waals surface area contributed by atoms with Crippen molar-refractivity contribution in [3.8, 4) is 0 Å². The third-order valence-electron chi connectivity index (χ3n) is 3.56. The molecule has 0 aromatic carbocycles. The van der Waals surface area contributed by atoms with E-state index in [1.54, 1.807) is 4.68 Å². The van der Waals surface area contributed by atoms with Crippen molar-refractivity contribution >= 4 is 21.8 Å². The highest BCUT2D eigenvalue weighted by Gasteiger charge is 2.17. The van der Waals surface area contributed by atoms with E-state index < -0.39 is 0 Å². The molecule has 100 valence electrons. The molecule has 0 radical (unpaired) electrons. The summed E-state index contributed by atoms with van der Waals surface area (Å²) in [5, 5.41) is 7.46. The Labute approximate surface area is 116 Å². The van der Waals surface area contributed by atoms with Gasteiger partial charge < -0.3 is 5.32 Å². The van der Waals surface area contributed by atoms with Crippen molar-refractivity contribution in [1.29, 1.82) is 0 Å². The Morgan fingerprint density at radius 2 is 2.06 bits per heavy atom. The first-order valence-corrected chi connectivity index (χ1v) is 7.36. The topological polar surface area (TPSA) is 46.9 Å². The normalized spacial score (nSPS) is 16.8. The van der Waals surface area contributed by atoms with Crippen molar-refractivity contribution in [2.75, 3.05) is 0 Å². The van der Waals surface area contributed by atoms with Crippen LogP contribution in [0.2, 0.25) is 0 Å². The molecule has 1 fully saturated rings. The number of carbonyl (C=O) groups is 1. The molecule has 1 heterocycles. The van der Waals surface area contributed by atoms with Crippen LogP contribution in [0.5, 0.6) is 0 Å². The standard InChI is InChI=1S/C13H20BrN3O/c1-9-13(14)10(2)17(16-9)8-12(18)15-11-6-4-3-5-7-11/h11H,3-8H2,1-2H3,(H,15,18). The van der Waals surface area contributed by atoms with Crippen LogP contribution in [0, 0.1) is 13.8 Å². The molecule has 4 nitrogen and oxygen atoms in total. The number of aryl methyl sites for hydroxylation is 1. The second-order valence-corrected chi connectivity index (χ2v) is 5.84. The zero-order chi connectivity index (χ0) is 13.1. The molecule has 1 saturated carbocycles. The highest BCUT2D eigenvalue weighted by molar-refractivity contribution is 9.10. The molecule has 1 amide bonds. The first-order valence-electron chi connectivity index (χ1n) is 6.57. The molecule has 0 aliphatic heterocycles. The summed E-state index contributed by atoms with van der Waals surface area (Å²) in [7, 11) is 0. The minimum Gasteiger partial charge on any atom is -0.352 e. The molecule has 0 unspecified atom stereocenters. The lowest BCUT2D eigenvalue weighted by Crippen LogP contribution is -2.38. The van der Waals surface area contributed by atoms with E-state index in [0.717, 1.165) is 28.7 Å². The Hall–Kier alpha value is -0.840. The molecule has 2 rings (SSSR count). The maximum Gasteiger partial charge on any atom is 0.241 e. The molecule has 1 aromatic rings. The predicted octanol–water partition coefficient (Wildman–Crippen LogP) is 2.71. The van der Waals surface area contributed by atoms with Gasteiger partial charge in [-0.25, -0.2) is 0 Å². The number of halogens is 1. The Morgan fingerprint density at radius 1 is 1.39 bits per heavy atom. The molecule has 0 atom stereocenters. The van der Waals surface area contributed by atoms with Crippen molar-refractivity contribution in [3.63, 3.8) is 0 Å². The summed E-state index contributed by atoms with van der Waals surface area (Å²) >= 11 is 3.47. The van der Waals surface area contributed by atoms with Gasteiger partial charge in [0.1, 0.15) is 6.54 Å². The quantitative estimate of drug-likeness (QED) is 0.932. The minimum atomic E-state index is 0.0694. The molecule has 18 heavy (non-hydrogen) atoms. The number of nitrogens with zero attached hydrogens (tertiary/aromatic N) is 2. The first-order chi connectivity index (χ1) is 8.58. The maximum absolute atomic E-state index is 12.0. The fourth-order valence-electron chi connectivity index (χ4n) is 2.49. The lowest BCUT2D eigenvalue weighted by atomic mass is 9.95. The fraction of sp³-hybridized carbons (Fsp3) is 0.692. The van der Waals surface area contributed by atoms with Gasteiger partial charge in [-0.1, -0.05) is 19.3 Å². The molecule has 0 bridgehead atoms. The van der Waals surface area contributed by atoms with Gasteiger partial charge >= 0.3 is 0 Å². The van der Waals surface area contributed by atoms with Gasteiger partial charge in [-0.3, -0.25) is 9.48 Å². The van der Waals surface area contributed by atoms with E-state index in [1.165, 1.54) is 19.3 Å². The average molecular weight is 314 g/mol. The van der Waals surface area contributed by atoms with Gasteiger partial charge in [0.05, 0.1) is 15.9 Å². The second kappa shape index (κ2) is 5.87. The van der Waals surface area contributed by atoms with Crippen LogP contribution in [0.15, 0.2) is 4.47 Å². The van der Waals surface area contributed by atoms with E-state index in [9.17, 15) is 4.79 Å². The van der Waals surface area contributed by atoms with E-state index >= 15 is 0 Å². The molecule has 1 N–H and O–H groups in total. The number of carbonyl (C=O) groups excluding carboxylic acids is 1. The highest BCUT2D eigenvalue weighted by atomic mass is 79.9. The van der Waals surface area contributed by atoms with Crippen molar-refractivity contribution in [1.82, 2.24) is 15.1 Å². The Bertz CT molecular complexity index is 436. The lowest BCUT2D eigenvalue weighted by molar-refractivity contribution is -0.122. The van der Waals surface area contributed by atoms with Gasteiger partial charge in [0.15, 0.2) is 0 Å². The summed E-state index contributed by atoms with van der Waals surface area (Å²) in [4.78, 5) is 12.0. The van der Waals surface area contributed by atoms with Gasteiger partial charge in [0.2, 0.25) is 5.91 Å². The third-order valence-corrected chi connectivity index (χ3v) is 4.70. The Kier molecular flexibility index (Phi) is 4.43. The van der Waals surface area contributed by atoms with Crippen LogP contribution in [0.4, 0.5) is 0 Å². The summed E-state index contributed by atoms with van der Waals surface area (Å²) in [5.41, 5.74) is 1.93. The monoisotopic (exact) mass is 313 g/mol. The molecular weight excluding hydrogens is 294 g/mol. The van der Waals surface area contributed by atoms with Gasteiger partial charge in [0, 0.05) is 6.04 Å². The van der Waals surface area contributed by atoms with E-state index in [0.29, 0.717) is 12.6 Å². The zero-order valence-electron chi connectivity index (χ0n) is 11.0. The van der Waals surface area contributed by atoms with Crippen LogP contribution in [0.1, 0.15) is 43.5 Å². The van der Waals surface area contributed by atoms with Crippen LogP contribution in [0.3, 0.4) is 0 Å². The molecule has 0 spiro atoms. The van der Waals surface area contributed by atoms with Crippen LogP contribution in [-0.4, -0.2) is 21.7 Å². The first kappa shape index (κ1) is 13.6. The number of nitrogens with one attached hydrogen (secondary N) is 1. The highest BCUT2D eigenvalue weighted by Crippen LogP contribution is 2.20. The van der Waals surface area contributed by atoms with Crippen molar-refractivity contribution in [2.45, 2.75) is 58.5 Å². The summed E-state index contributed by atoms with van der Waals surface area (Å²) < 4.78 is 2.75. The lowest BCUT2D eigenvalue weighted by Gasteiger charge is -2.22. The molecule has 5 heteroatoms. The van der Waals surface area contributed by atoms with Crippen LogP contribution >= 0.6 is 15.9 Å². The molecule has 0 saturated heterocycles. The predicted molar refractivity (Wildman–Crippen MR) is 74.4 cm³/mol. The number of rotatable bonds is 3.